The Morgan fingerprint density at radius 1 is 1.16 bits per heavy atom. The van der Waals surface area contributed by atoms with E-state index in [1.165, 1.54) is 12.1 Å². The van der Waals surface area contributed by atoms with E-state index in [0.717, 1.165) is 27.9 Å². The van der Waals surface area contributed by atoms with Gasteiger partial charge in [0.15, 0.2) is 0 Å². The summed E-state index contributed by atoms with van der Waals surface area (Å²) in [5.41, 5.74) is 2.96. The van der Waals surface area contributed by atoms with E-state index >= 15 is 0 Å². The smallest absolute Gasteiger partial charge is 0.278 e. The van der Waals surface area contributed by atoms with Crippen LogP contribution in [0.3, 0.4) is 0 Å². The summed E-state index contributed by atoms with van der Waals surface area (Å²) in [6.07, 6.45) is 0.753. The molecular weight excluding hydrogens is 416 g/mol. The van der Waals surface area contributed by atoms with Gasteiger partial charge in [0.2, 0.25) is 5.91 Å². The summed E-state index contributed by atoms with van der Waals surface area (Å²) in [5, 5.41) is 7.39. The van der Waals surface area contributed by atoms with Gasteiger partial charge in [-0.15, -0.1) is 0 Å². The van der Waals surface area contributed by atoms with Gasteiger partial charge in [-0.3, -0.25) is 14.4 Å². The minimum Gasteiger partial charge on any atom is -0.324 e. The van der Waals surface area contributed by atoms with E-state index in [4.69, 9.17) is 11.6 Å². The molecule has 8 heteroatoms. The van der Waals surface area contributed by atoms with Crippen LogP contribution in [0.2, 0.25) is 5.02 Å². The SMILES string of the molecule is Cc1ccc(Cl)cc1NC(=O)Cn1nc(C(=O)N2c3ccccc3C[C@H]2C)ccc1=O. The monoisotopic (exact) mass is 436 g/mol. The fourth-order valence-electron chi connectivity index (χ4n) is 3.73. The summed E-state index contributed by atoms with van der Waals surface area (Å²) in [6, 6.07) is 15.5. The van der Waals surface area contributed by atoms with Crippen LogP contribution < -0.4 is 15.8 Å². The van der Waals surface area contributed by atoms with E-state index in [2.05, 4.69) is 10.4 Å². The fourth-order valence-corrected chi connectivity index (χ4v) is 3.90. The van der Waals surface area contributed by atoms with Crippen LogP contribution >= 0.6 is 11.6 Å². The summed E-state index contributed by atoms with van der Waals surface area (Å²) in [5.74, 6) is -0.748. The van der Waals surface area contributed by atoms with E-state index in [1.807, 2.05) is 38.1 Å². The number of aromatic nitrogens is 2. The van der Waals surface area contributed by atoms with Gasteiger partial charge in [-0.05, 0) is 55.7 Å². The molecule has 1 aliphatic heterocycles. The highest BCUT2D eigenvalue weighted by molar-refractivity contribution is 6.31. The Morgan fingerprint density at radius 3 is 2.74 bits per heavy atom. The van der Waals surface area contributed by atoms with Gasteiger partial charge in [0.1, 0.15) is 12.2 Å². The molecule has 1 aliphatic rings. The van der Waals surface area contributed by atoms with Crippen molar-refractivity contribution >= 4 is 34.8 Å². The molecule has 0 saturated heterocycles. The highest BCUT2D eigenvalue weighted by Crippen LogP contribution is 2.32. The molecule has 1 N–H and O–H groups in total. The van der Waals surface area contributed by atoms with Crippen LogP contribution in [0.5, 0.6) is 0 Å². The third kappa shape index (κ3) is 4.22. The van der Waals surface area contributed by atoms with Crippen LogP contribution in [0.25, 0.3) is 0 Å². The minimum atomic E-state index is -0.468. The first kappa shape index (κ1) is 20.8. The number of para-hydroxylation sites is 1. The van der Waals surface area contributed by atoms with Crippen molar-refractivity contribution in [1.82, 2.24) is 9.78 Å². The van der Waals surface area contributed by atoms with E-state index in [1.54, 1.807) is 23.1 Å². The number of benzene rings is 2. The summed E-state index contributed by atoms with van der Waals surface area (Å²) in [7, 11) is 0. The fraction of sp³-hybridized carbons (Fsp3) is 0.217. The summed E-state index contributed by atoms with van der Waals surface area (Å²) in [4.78, 5) is 39.6. The molecule has 0 fully saturated rings. The van der Waals surface area contributed by atoms with Gasteiger partial charge in [-0.25, -0.2) is 4.68 Å². The number of fused-ring (bicyclic) bond motifs is 1. The molecule has 3 aromatic rings. The first-order valence-electron chi connectivity index (χ1n) is 9.89. The van der Waals surface area contributed by atoms with Crippen LogP contribution in [-0.2, 0) is 17.8 Å². The van der Waals surface area contributed by atoms with Gasteiger partial charge in [0, 0.05) is 28.5 Å². The number of rotatable bonds is 4. The molecule has 0 unspecified atom stereocenters. The Bertz CT molecular complexity index is 1240. The lowest BCUT2D eigenvalue weighted by atomic mass is 10.1. The first-order chi connectivity index (χ1) is 14.8. The summed E-state index contributed by atoms with van der Waals surface area (Å²) >= 11 is 5.99. The van der Waals surface area contributed by atoms with Crippen molar-refractivity contribution < 1.29 is 9.59 Å². The lowest BCUT2D eigenvalue weighted by Crippen LogP contribution is -2.38. The number of halogens is 1. The van der Waals surface area contributed by atoms with Crippen molar-refractivity contribution in [2.75, 3.05) is 10.2 Å². The average Bonchev–Trinajstić information content (AvgIpc) is 3.07. The zero-order valence-corrected chi connectivity index (χ0v) is 17.9. The predicted molar refractivity (Wildman–Crippen MR) is 120 cm³/mol. The van der Waals surface area contributed by atoms with Crippen LogP contribution in [0.1, 0.15) is 28.5 Å². The second-order valence-corrected chi connectivity index (χ2v) is 8.02. The molecule has 0 saturated carbocycles. The predicted octanol–water partition coefficient (Wildman–Crippen LogP) is 3.44. The second kappa shape index (κ2) is 8.35. The standard InChI is InChI=1S/C23H21ClN4O3/c1-14-7-8-17(24)12-19(14)25-21(29)13-27-22(30)10-9-18(26-27)23(31)28-15(2)11-16-5-3-4-6-20(16)28/h3-10,12,15H,11,13H2,1-2H3,(H,25,29)/t15-/m1/s1. The van der Waals surface area contributed by atoms with Gasteiger partial charge in [-0.1, -0.05) is 35.9 Å². The van der Waals surface area contributed by atoms with Crippen LogP contribution in [0.4, 0.5) is 11.4 Å². The number of hydrogen-bond acceptors (Lipinski definition) is 4. The van der Waals surface area contributed by atoms with E-state index < -0.39 is 11.5 Å². The van der Waals surface area contributed by atoms with Crippen LogP contribution in [0.15, 0.2) is 59.4 Å². The van der Waals surface area contributed by atoms with Crippen LogP contribution in [-0.4, -0.2) is 27.6 Å². The number of nitrogens with zero attached hydrogens (tertiary/aromatic N) is 3. The van der Waals surface area contributed by atoms with Crippen molar-refractivity contribution in [1.29, 1.82) is 0 Å². The summed E-state index contributed by atoms with van der Waals surface area (Å²) < 4.78 is 0.995. The quantitative estimate of drug-likeness (QED) is 0.679. The largest absolute Gasteiger partial charge is 0.324 e. The zero-order valence-electron chi connectivity index (χ0n) is 17.1. The molecule has 1 aromatic heterocycles. The zero-order chi connectivity index (χ0) is 22.1. The van der Waals surface area contributed by atoms with Crippen molar-refractivity contribution in [3.63, 3.8) is 0 Å². The normalized spacial score (nSPS) is 14.9. The molecule has 1 atom stereocenters. The van der Waals surface area contributed by atoms with Crippen molar-refractivity contribution in [3.05, 3.63) is 86.8 Å². The number of nitrogens with one attached hydrogen (secondary N) is 1. The topological polar surface area (TPSA) is 84.3 Å². The second-order valence-electron chi connectivity index (χ2n) is 7.58. The van der Waals surface area contributed by atoms with E-state index in [-0.39, 0.29) is 24.2 Å². The Kier molecular flexibility index (Phi) is 5.61. The van der Waals surface area contributed by atoms with Gasteiger partial charge < -0.3 is 10.2 Å². The lowest BCUT2D eigenvalue weighted by Gasteiger charge is -2.22. The molecule has 0 radical (unpaired) electrons. The Balaban J connectivity index is 1.56. The minimum absolute atomic E-state index is 0.0267. The molecule has 0 aliphatic carbocycles. The molecule has 0 bridgehead atoms. The van der Waals surface area contributed by atoms with Gasteiger partial charge >= 0.3 is 0 Å². The Morgan fingerprint density at radius 2 is 1.94 bits per heavy atom. The first-order valence-corrected chi connectivity index (χ1v) is 10.3. The van der Waals surface area contributed by atoms with Crippen molar-refractivity contribution in [2.45, 2.75) is 32.9 Å². The number of amides is 2. The third-order valence-corrected chi connectivity index (χ3v) is 5.51. The molecule has 2 aromatic carbocycles. The molecule has 2 heterocycles. The number of carbonyl (C=O) groups excluding carboxylic acids is 2. The average molecular weight is 437 g/mol. The van der Waals surface area contributed by atoms with E-state index in [0.29, 0.717) is 10.7 Å². The molecule has 4 rings (SSSR count). The molecular formula is C23H21ClN4O3. The summed E-state index contributed by atoms with van der Waals surface area (Å²) in [6.45, 7) is 3.48. The molecule has 7 nitrogen and oxygen atoms in total. The van der Waals surface area contributed by atoms with Crippen molar-refractivity contribution in [3.8, 4) is 0 Å². The number of anilines is 2. The molecule has 158 valence electrons. The Hall–Kier alpha value is -3.45. The number of aryl methyl sites for hydroxylation is 1. The lowest BCUT2D eigenvalue weighted by molar-refractivity contribution is -0.117. The van der Waals surface area contributed by atoms with Gasteiger partial charge in [0.05, 0.1) is 0 Å². The van der Waals surface area contributed by atoms with Gasteiger partial charge in [-0.2, -0.15) is 5.10 Å². The van der Waals surface area contributed by atoms with Crippen molar-refractivity contribution in [2.24, 2.45) is 0 Å². The molecule has 0 spiro atoms. The maximum atomic E-state index is 13.2. The highest BCUT2D eigenvalue weighted by atomic mass is 35.5. The Labute approximate surface area is 184 Å². The van der Waals surface area contributed by atoms with E-state index in [9.17, 15) is 14.4 Å². The van der Waals surface area contributed by atoms with Gasteiger partial charge in [0.25, 0.3) is 11.5 Å². The van der Waals surface area contributed by atoms with Crippen LogP contribution in [0, 0.1) is 6.92 Å². The number of carbonyl (C=O) groups is 2. The number of hydrogen-bond donors (Lipinski definition) is 1. The molecule has 31 heavy (non-hydrogen) atoms. The third-order valence-electron chi connectivity index (χ3n) is 5.28. The highest BCUT2D eigenvalue weighted by Gasteiger charge is 2.32. The maximum Gasteiger partial charge on any atom is 0.278 e. The molecule has 2 amide bonds. The maximum absolute atomic E-state index is 13.2.